The van der Waals surface area contributed by atoms with E-state index in [2.05, 4.69) is 22.4 Å². The maximum absolute atomic E-state index is 8.99. The Labute approximate surface area is 148 Å². The van der Waals surface area contributed by atoms with Gasteiger partial charge in [-0.3, -0.25) is 4.98 Å². The second-order valence-corrected chi connectivity index (χ2v) is 5.68. The van der Waals surface area contributed by atoms with Crippen LogP contribution in [0.5, 0.6) is 5.75 Å². The molecule has 4 nitrogen and oxygen atoms in total. The van der Waals surface area contributed by atoms with Crippen LogP contribution in [0.15, 0.2) is 79.1 Å². The second kappa shape index (κ2) is 8.97. The third-order valence-corrected chi connectivity index (χ3v) is 3.99. The first-order valence-corrected chi connectivity index (χ1v) is 8.38. The van der Waals surface area contributed by atoms with E-state index >= 15 is 0 Å². The van der Waals surface area contributed by atoms with Crippen LogP contribution >= 0.6 is 0 Å². The Balaban J connectivity index is 1.80. The van der Waals surface area contributed by atoms with Crippen LogP contribution in [0.25, 0.3) is 0 Å². The Morgan fingerprint density at radius 1 is 0.880 bits per heavy atom. The van der Waals surface area contributed by atoms with Gasteiger partial charge in [-0.1, -0.05) is 48.5 Å². The number of aromatic nitrogens is 1. The predicted octanol–water partition coefficient (Wildman–Crippen LogP) is 3.33. The number of hydrogen-bond donors (Lipinski definition) is 2. The van der Waals surface area contributed by atoms with Gasteiger partial charge in [0.05, 0.1) is 12.6 Å². The summed E-state index contributed by atoms with van der Waals surface area (Å²) in [4.78, 5) is 4.12. The molecule has 0 aliphatic carbocycles. The summed E-state index contributed by atoms with van der Waals surface area (Å²) in [5, 5.41) is 12.6. The van der Waals surface area contributed by atoms with Gasteiger partial charge in [0, 0.05) is 24.5 Å². The molecule has 0 aliphatic rings. The predicted molar refractivity (Wildman–Crippen MR) is 98.4 cm³/mol. The van der Waals surface area contributed by atoms with Crippen molar-refractivity contribution in [3.05, 3.63) is 95.8 Å². The van der Waals surface area contributed by atoms with Gasteiger partial charge in [-0.05, 0) is 29.3 Å². The van der Waals surface area contributed by atoms with Gasteiger partial charge in [0.1, 0.15) is 12.4 Å². The van der Waals surface area contributed by atoms with Gasteiger partial charge in [-0.15, -0.1) is 0 Å². The van der Waals surface area contributed by atoms with E-state index in [-0.39, 0.29) is 12.6 Å². The third-order valence-electron chi connectivity index (χ3n) is 3.99. The molecule has 2 aromatic carbocycles. The number of hydrogen-bond acceptors (Lipinski definition) is 4. The zero-order valence-corrected chi connectivity index (χ0v) is 14.0. The smallest absolute Gasteiger partial charge is 0.123 e. The maximum Gasteiger partial charge on any atom is 0.123 e. The summed E-state index contributed by atoms with van der Waals surface area (Å²) < 4.78 is 5.63. The van der Waals surface area contributed by atoms with E-state index in [0.717, 1.165) is 16.9 Å². The minimum atomic E-state index is 0.00538. The summed E-state index contributed by atoms with van der Waals surface area (Å²) >= 11 is 0. The summed E-state index contributed by atoms with van der Waals surface area (Å²) in [6.45, 7) is 0.957. The van der Waals surface area contributed by atoms with Crippen molar-refractivity contribution in [2.45, 2.75) is 12.6 Å². The van der Waals surface area contributed by atoms with Crippen molar-refractivity contribution in [1.29, 1.82) is 0 Å². The number of aliphatic hydroxyl groups excluding tert-OH is 1. The zero-order valence-electron chi connectivity index (χ0n) is 14.0. The molecule has 1 unspecified atom stereocenters. The van der Waals surface area contributed by atoms with Crippen molar-refractivity contribution in [2.24, 2.45) is 0 Å². The number of para-hydroxylation sites is 1. The molecule has 0 saturated carbocycles. The molecular formula is C21H22N2O2. The van der Waals surface area contributed by atoms with Crippen molar-refractivity contribution in [3.8, 4) is 5.75 Å². The molecule has 1 atom stereocenters. The molecule has 0 aliphatic heterocycles. The lowest BCUT2D eigenvalue weighted by molar-refractivity contribution is 0.200. The molecule has 0 saturated heterocycles. The lowest BCUT2D eigenvalue weighted by Gasteiger charge is -2.21. The van der Waals surface area contributed by atoms with Gasteiger partial charge in [0.25, 0.3) is 0 Å². The van der Waals surface area contributed by atoms with E-state index in [9.17, 15) is 0 Å². The van der Waals surface area contributed by atoms with Gasteiger partial charge in [0.15, 0.2) is 0 Å². The zero-order chi connectivity index (χ0) is 17.3. The van der Waals surface area contributed by atoms with E-state index in [4.69, 9.17) is 9.84 Å². The lowest BCUT2D eigenvalue weighted by Crippen LogP contribution is -2.22. The fourth-order valence-corrected chi connectivity index (χ4v) is 2.79. The largest absolute Gasteiger partial charge is 0.491 e. The van der Waals surface area contributed by atoms with Crippen LogP contribution in [0, 0.1) is 0 Å². The van der Waals surface area contributed by atoms with Gasteiger partial charge < -0.3 is 15.2 Å². The molecule has 1 heterocycles. The Hall–Kier alpha value is -2.69. The normalized spacial score (nSPS) is 11.9. The minimum absolute atomic E-state index is 0.00538. The summed E-state index contributed by atoms with van der Waals surface area (Å²) in [5.74, 6) is 0.797. The first-order valence-electron chi connectivity index (χ1n) is 8.38. The van der Waals surface area contributed by atoms with Crippen molar-refractivity contribution in [1.82, 2.24) is 10.3 Å². The third kappa shape index (κ3) is 4.66. The number of aliphatic hydroxyl groups is 1. The summed E-state index contributed by atoms with van der Waals surface area (Å²) in [6.07, 6.45) is 3.62. The van der Waals surface area contributed by atoms with E-state index in [1.54, 1.807) is 0 Å². The maximum atomic E-state index is 8.99. The summed E-state index contributed by atoms with van der Waals surface area (Å²) in [6, 6.07) is 22.4. The average molecular weight is 334 g/mol. The standard InChI is InChI=1S/C21H22N2O2/c24-14-15-25-20-9-5-4-8-19(20)16-23-21(17-6-2-1-3-7-17)18-10-12-22-13-11-18/h1-13,21,23-24H,14-16H2. The highest BCUT2D eigenvalue weighted by atomic mass is 16.5. The summed E-state index contributed by atoms with van der Waals surface area (Å²) in [7, 11) is 0. The molecule has 25 heavy (non-hydrogen) atoms. The first kappa shape index (κ1) is 17.1. The number of nitrogens with one attached hydrogen (secondary N) is 1. The van der Waals surface area contributed by atoms with Crippen LogP contribution in [-0.2, 0) is 6.54 Å². The quantitative estimate of drug-likeness (QED) is 0.663. The number of rotatable bonds is 8. The van der Waals surface area contributed by atoms with Gasteiger partial charge in [-0.2, -0.15) is 0 Å². The Bertz CT molecular complexity index is 724. The van der Waals surface area contributed by atoms with Crippen molar-refractivity contribution >= 4 is 0 Å². The first-order chi connectivity index (χ1) is 12.4. The molecule has 128 valence electrons. The number of ether oxygens (including phenoxy) is 1. The van der Waals surface area contributed by atoms with E-state index in [1.165, 1.54) is 5.56 Å². The Morgan fingerprint density at radius 3 is 2.32 bits per heavy atom. The van der Waals surface area contributed by atoms with Crippen molar-refractivity contribution in [3.63, 3.8) is 0 Å². The highest BCUT2D eigenvalue weighted by Crippen LogP contribution is 2.24. The van der Waals surface area contributed by atoms with E-state index in [0.29, 0.717) is 13.2 Å². The molecule has 0 fully saturated rings. The van der Waals surface area contributed by atoms with Gasteiger partial charge >= 0.3 is 0 Å². The van der Waals surface area contributed by atoms with Crippen LogP contribution in [0.3, 0.4) is 0 Å². The fourth-order valence-electron chi connectivity index (χ4n) is 2.79. The van der Waals surface area contributed by atoms with Crippen LogP contribution in [-0.4, -0.2) is 23.3 Å². The molecule has 1 aromatic heterocycles. The monoisotopic (exact) mass is 334 g/mol. The fraction of sp³-hybridized carbons (Fsp3) is 0.190. The van der Waals surface area contributed by atoms with Crippen molar-refractivity contribution in [2.75, 3.05) is 13.2 Å². The Morgan fingerprint density at radius 2 is 1.56 bits per heavy atom. The van der Waals surface area contributed by atoms with Gasteiger partial charge in [-0.25, -0.2) is 0 Å². The molecule has 0 spiro atoms. The number of pyridine rings is 1. The molecule has 4 heteroatoms. The topological polar surface area (TPSA) is 54.4 Å². The molecule has 0 amide bonds. The van der Waals surface area contributed by atoms with Gasteiger partial charge in [0.2, 0.25) is 0 Å². The van der Waals surface area contributed by atoms with Crippen molar-refractivity contribution < 1.29 is 9.84 Å². The molecule has 0 radical (unpaired) electrons. The highest BCUT2D eigenvalue weighted by Gasteiger charge is 2.14. The lowest BCUT2D eigenvalue weighted by atomic mass is 9.99. The summed E-state index contributed by atoms with van der Waals surface area (Å²) in [5.41, 5.74) is 3.42. The van der Waals surface area contributed by atoms with Crippen LogP contribution in [0.4, 0.5) is 0 Å². The average Bonchev–Trinajstić information content (AvgIpc) is 2.69. The Kier molecular flexibility index (Phi) is 6.15. The van der Waals surface area contributed by atoms with Crippen LogP contribution in [0.1, 0.15) is 22.7 Å². The molecular weight excluding hydrogens is 312 g/mol. The van der Waals surface area contributed by atoms with E-state index < -0.39 is 0 Å². The van der Waals surface area contributed by atoms with E-state index in [1.807, 2.05) is 67.0 Å². The SMILES string of the molecule is OCCOc1ccccc1CNC(c1ccccc1)c1ccncc1. The molecule has 3 aromatic rings. The molecule has 0 bridgehead atoms. The van der Waals surface area contributed by atoms with Crippen LogP contribution < -0.4 is 10.1 Å². The highest BCUT2D eigenvalue weighted by molar-refractivity contribution is 5.35. The number of nitrogens with zero attached hydrogens (tertiary/aromatic N) is 1. The number of benzene rings is 2. The molecule has 2 N–H and O–H groups in total. The molecule has 3 rings (SSSR count). The van der Waals surface area contributed by atoms with Crippen LogP contribution in [0.2, 0.25) is 0 Å². The second-order valence-electron chi connectivity index (χ2n) is 5.68. The minimum Gasteiger partial charge on any atom is -0.491 e.